The lowest BCUT2D eigenvalue weighted by Crippen LogP contribution is -2.38. The molecule has 0 aromatic carbocycles. The number of hydrogen-bond donors (Lipinski definition) is 2. The molecule has 9 heavy (non-hydrogen) atoms. The Kier molecular flexibility index (Phi) is 1.98. The van der Waals surface area contributed by atoms with E-state index >= 15 is 0 Å². The average Bonchev–Trinajstić information content (AvgIpc) is 1.86. The summed E-state index contributed by atoms with van der Waals surface area (Å²) in [6, 6.07) is 0. The van der Waals surface area contributed by atoms with Crippen LogP contribution in [0.1, 0.15) is 2.74 Å². The molecule has 4 nitrogen and oxygen atoms in total. The van der Waals surface area contributed by atoms with E-state index in [1.807, 2.05) is 0 Å². The second-order valence-corrected chi connectivity index (χ2v) is 1.38. The fourth-order valence-electron chi connectivity index (χ4n) is 0.191. The van der Waals surface area contributed by atoms with E-state index in [1.54, 1.807) is 0 Å². The van der Waals surface area contributed by atoms with Crippen molar-refractivity contribution in [1.29, 1.82) is 0 Å². The quantitative estimate of drug-likeness (QED) is 0.256. The minimum atomic E-state index is -3.05. The molecule has 0 spiro atoms. The van der Waals surface area contributed by atoms with Crippen molar-refractivity contribution in [2.75, 3.05) is 13.2 Å². The third kappa shape index (κ3) is 2.44. The van der Waals surface area contributed by atoms with E-state index in [0.717, 1.165) is 0 Å². The standard InChI is InChI=1S/C5H8O4/c1-2-5(7,3-6)4-9-8/h1,6-8H,3-4H2/p-1/t5-/m0/s1/i3D2. The van der Waals surface area contributed by atoms with Crippen LogP contribution >= 0.6 is 0 Å². The van der Waals surface area contributed by atoms with Crippen LogP contribution in [0.4, 0.5) is 0 Å². The Balaban J connectivity index is 4.50. The fourth-order valence-corrected chi connectivity index (χ4v) is 0.191. The van der Waals surface area contributed by atoms with Crippen molar-refractivity contribution in [3.63, 3.8) is 0 Å². The van der Waals surface area contributed by atoms with Gasteiger partial charge in [0.05, 0.1) is 15.9 Å². The van der Waals surface area contributed by atoms with E-state index in [9.17, 15) is 5.26 Å². The summed E-state index contributed by atoms with van der Waals surface area (Å²) in [6.45, 7) is -4.06. The fraction of sp³-hybridized carbons (Fsp3) is 0.600. The smallest absolute Gasteiger partial charge is 0.170 e. The first-order chi connectivity index (χ1) is 4.87. The van der Waals surface area contributed by atoms with Gasteiger partial charge >= 0.3 is 0 Å². The Bertz CT molecular complexity index is 170. The molecule has 0 rings (SSSR count). The predicted octanol–water partition coefficient (Wildman–Crippen LogP) is -2.37. The highest BCUT2D eigenvalue weighted by Crippen LogP contribution is 1.99. The Labute approximate surface area is 55.4 Å². The van der Waals surface area contributed by atoms with E-state index < -0.39 is 18.8 Å². The summed E-state index contributed by atoms with van der Waals surface area (Å²) in [5, 5.41) is 27.1. The lowest BCUT2D eigenvalue weighted by molar-refractivity contribution is -0.693. The number of rotatable bonds is 3. The van der Waals surface area contributed by atoms with Crippen LogP contribution < -0.4 is 5.26 Å². The molecule has 0 aliphatic heterocycles. The van der Waals surface area contributed by atoms with Crippen LogP contribution in [0.2, 0.25) is 0 Å². The maximum absolute atomic E-state index is 9.52. The predicted molar refractivity (Wildman–Crippen MR) is 26.8 cm³/mol. The first-order valence-corrected chi connectivity index (χ1v) is 2.04. The van der Waals surface area contributed by atoms with Gasteiger partial charge in [0.2, 0.25) is 0 Å². The van der Waals surface area contributed by atoms with Gasteiger partial charge in [0.25, 0.3) is 0 Å². The minimum Gasteiger partial charge on any atom is -0.723 e. The summed E-state index contributed by atoms with van der Waals surface area (Å²) in [6.07, 6.45) is 4.66. The molecule has 0 amide bonds. The largest absolute Gasteiger partial charge is 0.723 e. The Morgan fingerprint density at radius 3 is 2.67 bits per heavy atom. The maximum atomic E-state index is 9.52. The van der Waals surface area contributed by atoms with Crippen molar-refractivity contribution in [3.8, 4) is 12.3 Å². The lowest BCUT2D eigenvalue weighted by atomic mass is 10.1. The lowest BCUT2D eigenvalue weighted by Gasteiger charge is -2.20. The first kappa shape index (κ1) is 5.21. The van der Waals surface area contributed by atoms with Crippen LogP contribution in [0.15, 0.2) is 0 Å². The highest BCUT2D eigenvalue weighted by molar-refractivity contribution is 5.06. The second-order valence-electron chi connectivity index (χ2n) is 1.38. The molecule has 0 radical (unpaired) electrons. The van der Waals surface area contributed by atoms with Crippen LogP contribution in [-0.4, -0.2) is 29.0 Å². The zero-order valence-corrected chi connectivity index (χ0v) is 4.50. The Morgan fingerprint density at radius 2 is 2.56 bits per heavy atom. The second kappa shape index (κ2) is 3.43. The van der Waals surface area contributed by atoms with E-state index in [2.05, 4.69) is 11.3 Å². The van der Waals surface area contributed by atoms with Crippen LogP contribution in [0.5, 0.6) is 0 Å². The molecule has 0 aromatic rings. The van der Waals surface area contributed by atoms with E-state index in [-0.39, 0.29) is 0 Å². The van der Waals surface area contributed by atoms with Crippen LogP contribution in [-0.2, 0) is 4.89 Å². The molecule has 0 fully saturated rings. The zero-order valence-electron chi connectivity index (χ0n) is 6.50. The van der Waals surface area contributed by atoms with Crippen molar-refractivity contribution in [2.24, 2.45) is 0 Å². The summed E-state index contributed by atoms with van der Waals surface area (Å²) in [5.41, 5.74) is -2.59. The van der Waals surface area contributed by atoms with Crippen molar-refractivity contribution >= 4 is 0 Å². The summed E-state index contributed by atoms with van der Waals surface area (Å²) in [7, 11) is 0. The highest BCUT2D eigenvalue weighted by atomic mass is 17.1. The molecule has 0 aromatic heterocycles. The maximum Gasteiger partial charge on any atom is 0.170 e. The molecule has 1 atom stereocenters. The third-order valence-electron chi connectivity index (χ3n) is 0.692. The highest BCUT2D eigenvalue weighted by Gasteiger charge is 2.20. The molecular formula is C5H7O4-. The Morgan fingerprint density at radius 1 is 2.00 bits per heavy atom. The van der Waals surface area contributed by atoms with Gasteiger partial charge in [-0.2, -0.15) is 0 Å². The Hall–Kier alpha value is -0.600. The van der Waals surface area contributed by atoms with Gasteiger partial charge < -0.3 is 20.4 Å². The normalized spacial score (nSPS) is 21.1. The topological polar surface area (TPSA) is 72.8 Å². The molecule has 0 heterocycles. The zero-order chi connectivity index (χ0) is 9.12. The molecule has 0 aliphatic carbocycles. The third-order valence-corrected chi connectivity index (χ3v) is 0.692. The van der Waals surface area contributed by atoms with Gasteiger partial charge in [0.15, 0.2) is 5.60 Å². The minimum absolute atomic E-state index is 1.01. The molecule has 0 saturated carbocycles. The monoisotopic (exact) mass is 133 g/mol. The van der Waals surface area contributed by atoms with E-state index in [1.165, 1.54) is 5.92 Å². The molecule has 0 unspecified atom stereocenters. The molecule has 2 N–H and O–H groups in total. The van der Waals surface area contributed by atoms with E-state index in [4.69, 9.17) is 13.0 Å². The summed E-state index contributed by atoms with van der Waals surface area (Å²) in [4.78, 5) is 3.18. The molecule has 0 saturated heterocycles. The number of hydrogen-bond acceptors (Lipinski definition) is 4. The number of terminal acetylenes is 1. The molecule has 0 aliphatic rings. The van der Waals surface area contributed by atoms with Crippen molar-refractivity contribution in [2.45, 2.75) is 5.60 Å². The van der Waals surface area contributed by atoms with Gasteiger partial charge in [-0.15, -0.1) is 6.42 Å². The van der Waals surface area contributed by atoms with Crippen LogP contribution in [0, 0.1) is 12.3 Å². The first-order valence-electron chi connectivity index (χ1n) is 3.04. The van der Waals surface area contributed by atoms with Gasteiger partial charge in [-0.25, -0.2) is 0 Å². The van der Waals surface area contributed by atoms with Gasteiger partial charge in [-0.05, 0) is 0 Å². The number of aliphatic hydroxyl groups is 2. The molecule has 0 bridgehead atoms. The molecule has 4 heteroatoms. The molecular weight excluding hydrogens is 124 g/mol. The molecule has 52 valence electrons. The summed E-state index contributed by atoms with van der Waals surface area (Å²) < 4.78 is 13.2. The van der Waals surface area contributed by atoms with Crippen LogP contribution in [0.3, 0.4) is 0 Å². The average molecular weight is 133 g/mol. The van der Waals surface area contributed by atoms with E-state index in [0.29, 0.717) is 0 Å². The van der Waals surface area contributed by atoms with Gasteiger partial charge in [0.1, 0.15) is 0 Å². The van der Waals surface area contributed by atoms with Gasteiger partial charge in [0, 0.05) is 0 Å². The SMILES string of the molecule is [2H]C([2H])(O)[C@@](O)(C#C)CO[O-]. The van der Waals surface area contributed by atoms with Crippen molar-refractivity contribution in [3.05, 3.63) is 0 Å². The van der Waals surface area contributed by atoms with Gasteiger partial charge in [-0.3, -0.25) is 0 Å². The van der Waals surface area contributed by atoms with Crippen LogP contribution in [0.25, 0.3) is 0 Å². The summed E-state index contributed by atoms with van der Waals surface area (Å²) >= 11 is 0. The van der Waals surface area contributed by atoms with Gasteiger partial charge in [-0.1, -0.05) is 5.92 Å². The van der Waals surface area contributed by atoms with Crippen molar-refractivity contribution < 1.29 is 23.1 Å². The summed E-state index contributed by atoms with van der Waals surface area (Å²) in [5.74, 6) is 1.52. The van der Waals surface area contributed by atoms with Crippen molar-refractivity contribution in [1.82, 2.24) is 0 Å².